The maximum atomic E-state index is 13.2. The highest BCUT2D eigenvalue weighted by Crippen LogP contribution is 2.19. The molecule has 5 heteroatoms. The minimum atomic E-state index is -0.934. The summed E-state index contributed by atoms with van der Waals surface area (Å²) in [5.41, 5.74) is 1.02. The van der Waals surface area contributed by atoms with Crippen molar-refractivity contribution in [2.75, 3.05) is 18.5 Å². The van der Waals surface area contributed by atoms with Crippen LogP contribution in [0.3, 0.4) is 0 Å². The molecule has 0 spiro atoms. The van der Waals surface area contributed by atoms with Crippen molar-refractivity contribution < 1.29 is 14.6 Å². The quantitative estimate of drug-likeness (QED) is 0.706. The molecule has 0 saturated heterocycles. The van der Waals surface area contributed by atoms with Crippen molar-refractivity contribution in [2.45, 2.75) is 13.0 Å². The zero-order valence-electron chi connectivity index (χ0n) is 8.87. The predicted octanol–water partition coefficient (Wildman–Crippen LogP) is 0.771. The van der Waals surface area contributed by atoms with Crippen LogP contribution in [0.1, 0.15) is 11.1 Å². The molecule has 0 aliphatic carbocycles. The number of hydrogen-bond donors (Lipinski definition) is 3. The van der Waals surface area contributed by atoms with Gasteiger partial charge in [0.15, 0.2) is 0 Å². The summed E-state index contributed by atoms with van der Waals surface area (Å²) in [6, 6.07) is 4.57. The number of aliphatic hydroxyl groups excluding tert-OH is 2. The summed E-state index contributed by atoms with van der Waals surface area (Å²) in [5, 5.41) is 29.3. The maximum Gasteiger partial charge on any atom is 0.128 e. The predicted molar refractivity (Wildman–Crippen MR) is 57.4 cm³/mol. The molecule has 1 aromatic rings. The molecular formula is C11H13FN2O2. The molecule has 0 aliphatic heterocycles. The molecule has 0 saturated carbocycles. The van der Waals surface area contributed by atoms with Gasteiger partial charge < -0.3 is 15.5 Å². The van der Waals surface area contributed by atoms with Gasteiger partial charge in [-0.2, -0.15) is 5.26 Å². The molecule has 1 unspecified atom stereocenters. The van der Waals surface area contributed by atoms with E-state index in [0.717, 1.165) is 0 Å². The Bertz CT molecular complexity index is 415. The van der Waals surface area contributed by atoms with Crippen LogP contribution < -0.4 is 5.32 Å². The third-order valence-corrected chi connectivity index (χ3v) is 2.16. The third-order valence-electron chi connectivity index (χ3n) is 2.16. The minimum Gasteiger partial charge on any atom is -0.394 e. The van der Waals surface area contributed by atoms with Crippen LogP contribution in [0.5, 0.6) is 0 Å². The fraction of sp³-hybridized carbons (Fsp3) is 0.364. The molecule has 0 amide bonds. The van der Waals surface area contributed by atoms with Crippen LogP contribution in [0.25, 0.3) is 0 Å². The first-order valence-electron chi connectivity index (χ1n) is 4.81. The molecular weight excluding hydrogens is 211 g/mol. The Morgan fingerprint density at radius 1 is 1.56 bits per heavy atom. The summed E-state index contributed by atoms with van der Waals surface area (Å²) in [6.45, 7) is 1.25. The van der Waals surface area contributed by atoms with Gasteiger partial charge in [-0.05, 0) is 24.6 Å². The van der Waals surface area contributed by atoms with Crippen LogP contribution in [0, 0.1) is 24.1 Å². The molecule has 1 rings (SSSR count). The number of anilines is 1. The SMILES string of the molecule is Cc1cc(C#N)c(NCC(O)CO)cc1F. The van der Waals surface area contributed by atoms with Gasteiger partial charge in [0, 0.05) is 6.54 Å². The smallest absolute Gasteiger partial charge is 0.128 e. The van der Waals surface area contributed by atoms with E-state index < -0.39 is 11.9 Å². The number of nitrogens with zero attached hydrogens (tertiary/aromatic N) is 1. The Balaban J connectivity index is 2.87. The zero-order chi connectivity index (χ0) is 12.1. The Labute approximate surface area is 93.0 Å². The molecule has 86 valence electrons. The average molecular weight is 224 g/mol. The molecule has 3 N–H and O–H groups in total. The van der Waals surface area contributed by atoms with E-state index in [1.54, 1.807) is 6.92 Å². The van der Waals surface area contributed by atoms with E-state index in [1.165, 1.54) is 12.1 Å². The number of nitrogens with one attached hydrogen (secondary N) is 1. The largest absolute Gasteiger partial charge is 0.394 e. The molecule has 0 aliphatic rings. The van der Waals surface area contributed by atoms with Gasteiger partial charge in [0.1, 0.15) is 11.9 Å². The maximum absolute atomic E-state index is 13.2. The number of nitriles is 1. The number of hydrogen-bond acceptors (Lipinski definition) is 4. The standard InChI is InChI=1S/C11H13FN2O2/c1-7-2-8(4-13)11(3-10(7)12)14-5-9(16)6-15/h2-3,9,14-16H,5-6H2,1H3. The molecule has 1 aromatic carbocycles. The van der Waals surface area contributed by atoms with Crippen molar-refractivity contribution in [3.8, 4) is 6.07 Å². The normalized spacial score (nSPS) is 11.9. The lowest BCUT2D eigenvalue weighted by Gasteiger charge is -2.12. The lowest BCUT2D eigenvalue weighted by Crippen LogP contribution is -2.23. The molecule has 0 fully saturated rings. The minimum absolute atomic E-state index is 0.0632. The van der Waals surface area contributed by atoms with Gasteiger partial charge in [0.2, 0.25) is 0 Å². The Morgan fingerprint density at radius 2 is 2.25 bits per heavy atom. The number of rotatable bonds is 4. The van der Waals surface area contributed by atoms with Crippen molar-refractivity contribution in [1.82, 2.24) is 0 Å². The average Bonchev–Trinajstić information content (AvgIpc) is 2.29. The summed E-state index contributed by atoms with van der Waals surface area (Å²) >= 11 is 0. The zero-order valence-corrected chi connectivity index (χ0v) is 8.87. The van der Waals surface area contributed by atoms with Crippen molar-refractivity contribution in [2.24, 2.45) is 0 Å². The van der Waals surface area contributed by atoms with Crippen molar-refractivity contribution in [3.05, 3.63) is 29.1 Å². The van der Waals surface area contributed by atoms with Crippen LogP contribution in [-0.2, 0) is 0 Å². The second kappa shape index (κ2) is 5.45. The Kier molecular flexibility index (Phi) is 4.23. The van der Waals surface area contributed by atoms with Crippen LogP contribution in [-0.4, -0.2) is 29.5 Å². The van der Waals surface area contributed by atoms with Crippen molar-refractivity contribution >= 4 is 5.69 Å². The lowest BCUT2D eigenvalue weighted by molar-refractivity contribution is 0.105. The van der Waals surface area contributed by atoms with Gasteiger partial charge in [0.25, 0.3) is 0 Å². The van der Waals surface area contributed by atoms with Crippen LogP contribution in [0.4, 0.5) is 10.1 Å². The lowest BCUT2D eigenvalue weighted by atomic mass is 10.1. The van der Waals surface area contributed by atoms with Crippen molar-refractivity contribution in [1.29, 1.82) is 5.26 Å². The molecule has 4 nitrogen and oxygen atoms in total. The first kappa shape index (κ1) is 12.4. The fourth-order valence-electron chi connectivity index (χ4n) is 1.21. The van der Waals surface area contributed by atoms with Crippen LogP contribution in [0.15, 0.2) is 12.1 Å². The highest BCUT2D eigenvalue weighted by molar-refractivity contribution is 5.59. The van der Waals surface area contributed by atoms with Gasteiger partial charge in [-0.25, -0.2) is 4.39 Å². The van der Waals surface area contributed by atoms with E-state index in [-0.39, 0.29) is 13.2 Å². The number of benzene rings is 1. The summed E-state index contributed by atoms with van der Waals surface area (Å²) in [5.74, 6) is -0.417. The molecule has 1 atom stereocenters. The topological polar surface area (TPSA) is 76.3 Å². The molecule has 0 bridgehead atoms. The summed E-state index contributed by atoms with van der Waals surface area (Å²) in [6.07, 6.45) is -0.934. The van der Waals surface area contributed by atoms with Gasteiger partial charge in [-0.3, -0.25) is 0 Å². The number of halogens is 1. The van der Waals surface area contributed by atoms with E-state index in [1.807, 2.05) is 6.07 Å². The second-order valence-corrected chi connectivity index (χ2v) is 3.48. The third kappa shape index (κ3) is 2.92. The van der Waals surface area contributed by atoms with Gasteiger partial charge >= 0.3 is 0 Å². The fourth-order valence-corrected chi connectivity index (χ4v) is 1.21. The highest BCUT2D eigenvalue weighted by atomic mass is 19.1. The van der Waals surface area contributed by atoms with Gasteiger partial charge in [-0.1, -0.05) is 0 Å². The summed E-state index contributed by atoms with van der Waals surface area (Å²) in [7, 11) is 0. The molecule has 0 radical (unpaired) electrons. The number of aryl methyl sites for hydroxylation is 1. The Morgan fingerprint density at radius 3 is 2.81 bits per heavy atom. The summed E-state index contributed by atoms with van der Waals surface area (Å²) in [4.78, 5) is 0. The van der Waals surface area contributed by atoms with E-state index >= 15 is 0 Å². The van der Waals surface area contributed by atoms with Crippen LogP contribution in [0.2, 0.25) is 0 Å². The highest BCUT2D eigenvalue weighted by Gasteiger charge is 2.08. The molecule has 0 aromatic heterocycles. The first-order valence-corrected chi connectivity index (χ1v) is 4.81. The molecule has 0 heterocycles. The van der Waals surface area contributed by atoms with E-state index in [0.29, 0.717) is 16.8 Å². The van der Waals surface area contributed by atoms with Crippen LogP contribution >= 0.6 is 0 Å². The van der Waals surface area contributed by atoms with Crippen molar-refractivity contribution in [3.63, 3.8) is 0 Å². The van der Waals surface area contributed by atoms with E-state index in [9.17, 15) is 4.39 Å². The Hall–Kier alpha value is -1.64. The summed E-state index contributed by atoms with van der Waals surface area (Å²) < 4.78 is 13.2. The monoisotopic (exact) mass is 224 g/mol. The van der Waals surface area contributed by atoms with E-state index in [4.69, 9.17) is 15.5 Å². The van der Waals surface area contributed by atoms with E-state index in [2.05, 4.69) is 5.32 Å². The van der Waals surface area contributed by atoms with Gasteiger partial charge in [0.05, 0.1) is 24.0 Å². The van der Waals surface area contributed by atoms with Gasteiger partial charge in [-0.15, -0.1) is 0 Å². The number of aliphatic hydroxyl groups is 2. The second-order valence-electron chi connectivity index (χ2n) is 3.48. The molecule has 16 heavy (non-hydrogen) atoms. The first-order chi connectivity index (χ1) is 7.58.